The van der Waals surface area contributed by atoms with Crippen molar-refractivity contribution in [3.63, 3.8) is 0 Å². The third-order valence-corrected chi connectivity index (χ3v) is 4.31. The van der Waals surface area contributed by atoms with Crippen LogP contribution in [0.1, 0.15) is 71.1 Å². The van der Waals surface area contributed by atoms with Crippen LogP contribution in [-0.2, 0) is 0 Å². The summed E-state index contributed by atoms with van der Waals surface area (Å²) in [6.07, 6.45) is 14.1. The summed E-state index contributed by atoms with van der Waals surface area (Å²) in [4.78, 5) is 4.16. The van der Waals surface area contributed by atoms with Crippen molar-refractivity contribution in [3.8, 4) is 0 Å². The summed E-state index contributed by atoms with van der Waals surface area (Å²) in [7, 11) is 3.78. The van der Waals surface area contributed by atoms with E-state index in [9.17, 15) is 0 Å². The van der Waals surface area contributed by atoms with Gasteiger partial charge in [-0.15, -0.1) is 12.4 Å². The molecule has 4 heteroatoms. The molecule has 0 heterocycles. The first-order valence-electron chi connectivity index (χ1n) is 7.62. The third-order valence-electron chi connectivity index (χ3n) is 3.15. The number of unbranched alkanes of at least 4 members (excludes halogenated alkanes) is 9. The summed E-state index contributed by atoms with van der Waals surface area (Å²) in [5, 5.41) is 4.16. The van der Waals surface area contributed by atoms with Crippen LogP contribution in [0, 0.1) is 0 Å². The highest BCUT2D eigenvalue weighted by atomic mass is 35.5. The molecular formula is C15H33ClN2S. The van der Waals surface area contributed by atoms with Gasteiger partial charge in [0.25, 0.3) is 0 Å². The van der Waals surface area contributed by atoms with Crippen molar-refractivity contribution in [2.24, 2.45) is 4.99 Å². The molecule has 19 heavy (non-hydrogen) atoms. The van der Waals surface area contributed by atoms with Crippen molar-refractivity contribution < 1.29 is 0 Å². The van der Waals surface area contributed by atoms with Gasteiger partial charge < -0.3 is 5.32 Å². The van der Waals surface area contributed by atoms with E-state index in [1.807, 2.05) is 25.9 Å². The average molecular weight is 309 g/mol. The van der Waals surface area contributed by atoms with Gasteiger partial charge in [0, 0.05) is 19.8 Å². The first-order chi connectivity index (χ1) is 8.85. The lowest BCUT2D eigenvalue weighted by molar-refractivity contribution is 0.563. The molecule has 0 aromatic carbocycles. The number of aliphatic imine (C=N–C) groups is 1. The van der Waals surface area contributed by atoms with Gasteiger partial charge >= 0.3 is 0 Å². The minimum absolute atomic E-state index is 0. The zero-order valence-corrected chi connectivity index (χ0v) is 14.7. The van der Waals surface area contributed by atoms with E-state index in [2.05, 4.69) is 17.2 Å². The minimum atomic E-state index is 0. The molecule has 0 saturated carbocycles. The smallest absolute Gasteiger partial charge is 0.156 e. The molecular weight excluding hydrogens is 276 g/mol. The van der Waals surface area contributed by atoms with E-state index in [4.69, 9.17) is 0 Å². The van der Waals surface area contributed by atoms with Gasteiger partial charge in [-0.2, -0.15) is 0 Å². The second kappa shape index (κ2) is 18.1. The topological polar surface area (TPSA) is 24.4 Å². The molecule has 0 spiro atoms. The number of halogens is 1. The fraction of sp³-hybridized carbons (Fsp3) is 0.933. The second-order valence-corrected chi connectivity index (χ2v) is 5.89. The number of rotatable bonds is 11. The van der Waals surface area contributed by atoms with Crippen LogP contribution in [0.15, 0.2) is 4.99 Å². The molecule has 0 aromatic heterocycles. The highest BCUT2D eigenvalue weighted by Gasteiger charge is 1.96. The highest BCUT2D eigenvalue weighted by Crippen LogP contribution is 2.12. The Balaban J connectivity index is 0. The van der Waals surface area contributed by atoms with Crippen LogP contribution in [0.5, 0.6) is 0 Å². The number of nitrogens with one attached hydrogen (secondary N) is 1. The molecule has 2 nitrogen and oxygen atoms in total. The summed E-state index contributed by atoms with van der Waals surface area (Å²) in [5.74, 6) is 1.20. The van der Waals surface area contributed by atoms with Crippen LogP contribution in [0.3, 0.4) is 0 Å². The molecule has 0 rings (SSSR count). The standard InChI is InChI=1S/C15H32N2S.ClH/c1-4-5-6-7-8-9-10-11-12-13-14-18-15(16-2)17-3;/h4-14H2,1-3H3,(H,16,17);1H. The Hall–Kier alpha value is 0.110. The predicted molar refractivity (Wildman–Crippen MR) is 94.0 cm³/mol. The van der Waals surface area contributed by atoms with Gasteiger partial charge in [0.2, 0.25) is 0 Å². The number of thioether (sulfide) groups is 1. The van der Waals surface area contributed by atoms with E-state index in [-0.39, 0.29) is 12.4 Å². The van der Waals surface area contributed by atoms with E-state index in [0.29, 0.717) is 0 Å². The van der Waals surface area contributed by atoms with Crippen molar-refractivity contribution in [2.45, 2.75) is 71.1 Å². The van der Waals surface area contributed by atoms with E-state index < -0.39 is 0 Å². The Labute approximate surface area is 131 Å². The molecule has 116 valence electrons. The SMILES string of the molecule is CCCCCCCCCCCCSC(=NC)NC.Cl. The fourth-order valence-corrected chi connectivity index (χ4v) is 2.82. The molecule has 0 aromatic rings. The lowest BCUT2D eigenvalue weighted by atomic mass is 10.1. The number of nitrogens with zero attached hydrogens (tertiary/aromatic N) is 1. The Bertz CT molecular complexity index is 199. The zero-order valence-electron chi connectivity index (χ0n) is 13.0. The summed E-state index contributed by atoms with van der Waals surface area (Å²) in [6.45, 7) is 2.28. The van der Waals surface area contributed by atoms with Crippen LogP contribution < -0.4 is 5.32 Å². The molecule has 0 saturated heterocycles. The van der Waals surface area contributed by atoms with Gasteiger partial charge in [0.15, 0.2) is 5.17 Å². The van der Waals surface area contributed by atoms with Crippen molar-refractivity contribution in [2.75, 3.05) is 19.8 Å². The third kappa shape index (κ3) is 16.1. The molecule has 0 unspecified atom stereocenters. The first kappa shape index (κ1) is 21.4. The predicted octanol–water partition coefficient (Wildman–Crippen LogP) is 5.27. The van der Waals surface area contributed by atoms with Gasteiger partial charge in [0.05, 0.1) is 0 Å². The van der Waals surface area contributed by atoms with Crippen LogP contribution >= 0.6 is 24.2 Å². The summed E-state index contributed by atoms with van der Waals surface area (Å²) >= 11 is 1.84. The summed E-state index contributed by atoms with van der Waals surface area (Å²) in [5.41, 5.74) is 0. The summed E-state index contributed by atoms with van der Waals surface area (Å²) in [6, 6.07) is 0. The minimum Gasteiger partial charge on any atom is -0.368 e. The average Bonchev–Trinajstić information content (AvgIpc) is 2.40. The Morgan fingerprint density at radius 3 is 1.79 bits per heavy atom. The first-order valence-corrected chi connectivity index (χ1v) is 8.61. The van der Waals surface area contributed by atoms with Gasteiger partial charge in [-0.05, 0) is 6.42 Å². The van der Waals surface area contributed by atoms with Gasteiger partial charge in [-0.1, -0.05) is 76.5 Å². The van der Waals surface area contributed by atoms with Crippen LogP contribution in [0.2, 0.25) is 0 Å². The van der Waals surface area contributed by atoms with E-state index >= 15 is 0 Å². The molecule has 0 aliphatic heterocycles. The molecule has 0 aliphatic carbocycles. The zero-order chi connectivity index (χ0) is 13.5. The molecule has 0 aliphatic rings. The highest BCUT2D eigenvalue weighted by molar-refractivity contribution is 8.13. The van der Waals surface area contributed by atoms with Crippen LogP contribution in [0.25, 0.3) is 0 Å². The maximum Gasteiger partial charge on any atom is 0.156 e. The Morgan fingerprint density at radius 1 is 0.895 bits per heavy atom. The van der Waals surface area contributed by atoms with Gasteiger partial charge in [-0.3, -0.25) is 4.99 Å². The normalized spacial score (nSPS) is 11.2. The van der Waals surface area contributed by atoms with Crippen molar-refractivity contribution in [3.05, 3.63) is 0 Å². The molecule has 0 bridgehead atoms. The second-order valence-electron chi connectivity index (χ2n) is 4.81. The van der Waals surface area contributed by atoms with E-state index in [1.54, 1.807) is 0 Å². The van der Waals surface area contributed by atoms with Crippen molar-refractivity contribution in [1.82, 2.24) is 5.32 Å². The molecule has 0 fully saturated rings. The monoisotopic (exact) mass is 308 g/mol. The van der Waals surface area contributed by atoms with Crippen molar-refractivity contribution >= 4 is 29.3 Å². The van der Waals surface area contributed by atoms with Gasteiger partial charge in [-0.25, -0.2) is 0 Å². The van der Waals surface area contributed by atoms with Crippen molar-refractivity contribution in [1.29, 1.82) is 0 Å². The fourth-order valence-electron chi connectivity index (χ4n) is 2.01. The van der Waals surface area contributed by atoms with E-state index in [0.717, 1.165) is 5.17 Å². The molecule has 0 atom stereocenters. The maximum atomic E-state index is 4.16. The van der Waals surface area contributed by atoms with Crippen LogP contribution in [-0.4, -0.2) is 25.0 Å². The molecule has 0 radical (unpaired) electrons. The largest absolute Gasteiger partial charge is 0.368 e. The maximum absolute atomic E-state index is 4.16. The summed E-state index contributed by atoms with van der Waals surface area (Å²) < 4.78 is 0. The number of hydrogen-bond acceptors (Lipinski definition) is 2. The Morgan fingerprint density at radius 2 is 1.37 bits per heavy atom. The van der Waals surface area contributed by atoms with E-state index in [1.165, 1.54) is 70.0 Å². The number of amidine groups is 1. The molecule has 0 amide bonds. The lowest BCUT2D eigenvalue weighted by Crippen LogP contribution is -2.14. The van der Waals surface area contributed by atoms with Gasteiger partial charge in [0.1, 0.15) is 0 Å². The Kier molecular flexibility index (Phi) is 20.4. The molecule has 1 N–H and O–H groups in total. The quantitative estimate of drug-likeness (QED) is 0.319. The number of hydrogen-bond donors (Lipinski definition) is 1. The van der Waals surface area contributed by atoms with Crippen LogP contribution in [0.4, 0.5) is 0 Å². The lowest BCUT2D eigenvalue weighted by Gasteiger charge is -2.04.